The van der Waals surface area contributed by atoms with Gasteiger partial charge in [-0.3, -0.25) is 4.79 Å². The molecule has 1 aromatic rings. The average molecular weight is 290 g/mol. The zero-order valence-electron chi connectivity index (χ0n) is 13.1. The Hall–Kier alpha value is -1.55. The summed E-state index contributed by atoms with van der Waals surface area (Å²) in [5, 5.41) is 3.20. The Balaban J connectivity index is 1.86. The number of piperidine rings is 1. The maximum absolute atomic E-state index is 12.5. The number of hydrogen-bond acceptors (Lipinski definition) is 3. The standard InChI is InChI=1S/C17H26N2O2/c1-3-21-16-6-4-15(5-7-16)17(20)19-12-9-14(10-13-19)8-11-18-2/h4-7,14,18H,3,8-13H2,1-2H3. The third-order valence-electron chi connectivity index (χ3n) is 4.12. The first kappa shape index (κ1) is 15.8. The minimum absolute atomic E-state index is 0.144. The van der Waals surface area contributed by atoms with Crippen LogP contribution in [0.2, 0.25) is 0 Å². The molecule has 0 aliphatic carbocycles. The topological polar surface area (TPSA) is 41.6 Å². The van der Waals surface area contributed by atoms with Crippen LogP contribution in [0.5, 0.6) is 5.75 Å². The molecule has 1 N–H and O–H groups in total. The maximum Gasteiger partial charge on any atom is 0.253 e. The van der Waals surface area contributed by atoms with Gasteiger partial charge in [-0.15, -0.1) is 0 Å². The molecule has 1 amide bonds. The molecule has 0 radical (unpaired) electrons. The fraction of sp³-hybridized carbons (Fsp3) is 0.588. The maximum atomic E-state index is 12.5. The lowest BCUT2D eigenvalue weighted by molar-refractivity contribution is 0.0687. The van der Waals surface area contributed by atoms with E-state index in [1.807, 2.05) is 43.1 Å². The van der Waals surface area contributed by atoms with Crippen LogP contribution in [-0.4, -0.2) is 44.1 Å². The van der Waals surface area contributed by atoms with Crippen LogP contribution in [0.25, 0.3) is 0 Å². The van der Waals surface area contributed by atoms with E-state index < -0.39 is 0 Å². The molecular formula is C17H26N2O2. The number of rotatable bonds is 6. The third kappa shape index (κ3) is 4.46. The number of benzene rings is 1. The van der Waals surface area contributed by atoms with Gasteiger partial charge in [-0.1, -0.05) is 0 Å². The first-order chi connectivity index (χ1) is 10.2. The van der Waals surface area contributed by atoms with Crippen molar-refractivity contribution < 1.29 is 9.53 Å². The Morgan fingerprint density at radius 3 is 2.52 bits per heavy atom. The number of carbonyl (C=O) groups excluding carboxylic acids is 1. The number of nitrogens with one attached hydrogen (secondary N) is 1. The molecular weight excluding hydrogens is 264 g/mol. The van der Waals surface area contributed by atoms with E-state index in [2.05, 4.69) is 5.32 Å². The Morgan fingerprint density at radius 2 is 1.95 bits per heavy atom. The van der Waals surface area contributed by atoms with Crippen LogP contribution in [-0.2, 0) is 0 Å². The van der Waals surface area contributed by atoms with Crippen LogP contribution >= 0.6 is 0 Å². The second-order valence-electron chi connectivity index (χ2n) is 5.59. The molecule has 0 saturated carbocycles. The summed E-state index contributed by atoms with van der Waals surface area (Å²) in [5.74, 6) is 1.71. The predicted molar refractivity (Wildman–Crippen MR) is 84.8 cm³/mol. The minimum Gasteiger partial charge on any atom is -0.494 e. The molecule has 1 aliphatic heterocycles. The molecule has 21 heavy (non-hydrogen) atoms. The van der Waals surface area contributed by atoms with E-state index in [0.29, 0.717) is 6.61 Å². The molecule has 0 unspecified atom stereocenters. The van der Waals surface area contributed by atoms with E-state index in [9.17, 15) is 4.79 Å². The number of nitrogens with zero attached hydrogens (tertiary/aromatic N) is 1. The van der Waals surface area contributed by atoms with Crippen molar-refractivity contribution in [3.05, 3.63) is 29.8 Å². The summed E-state index contributed by atoms with van der Waals surface area (Å²) in [7, 11) is 1.99. The molecule has 1 saturated heterocycles. The van der Waals surface area contributed by atoms with Gasteiger partial charge in [0.15, 0.2) is 0 Å². The second-order valence-corrected chi connectivity index (χ2v) is 5.59. The summed E-state index contributed by atoms with van der Waals surface area (Å²) in [4.78, 5) is 14.4. The van der Waals surface area contributed by atoms with E-state index in [-0.39, 0.29) is 5.91 Å². The summed E-state index contributed by atoms with van der Waals surface area (Å²) in [6, 6.07) is 7.47. The lowest BCUT2D eigenvalue weighted by Gasteiger charge is -2.32. The number of amides is 1. The Kier molecular flexibility index (Phi) is 6.05. The highest BCUT2D eigenvalue weighted by Crippen LogP contribution is 2.22. The van der Waals surface area contributed by atoms with Crippen molar-refractivity contribution in [2.75, 3.05) is 33.3 Å². The highest BCUT2D eigenvalue weighted by Gasteiger charge is 2.23. The molecule has 2 rings (SSSR count). The van der Waals surface area contributed by atoms with Crippen molar-refractivity contribution in [2.45, 2.75) is 26.2 Å². The van der Waals surface area contributed by atoms with Gasteiger partial charge in [0, 0.05) is 18.7 Å². The van der Waals surface area contributed by atoms with Gasteiger partial charge >= 0.3 is 0 Å². The van der Waals surface area contributed by atoms with Gasteiger partial charge in [0.2, 0.25) is 0 Å². The Morgan fingerprint density at radius 1 is 1.29 bits per heavy atom. The number of hydrogen-bond donors (Lipinski definition) is 1. The molecule has 0 spiro atoms. The van der Waals surface area contributed by atoms with Crippen molar-refractivity contribution >= 4 is 5.91 Å². The molecule has 4 heteroatoms. The van der Waals surface area contributed by atoms with Crippen LogP contribution in [0.3, 0.4) is 0 Å². The van der Waals surface area contributed by atoms with E-state index in [4.69, 9.17) is 4.74 Å². The van der Waals surface area contributed by atoms with Gasteiger partial charge in [0.25, 0.3) is 5.91 Å². The predicted octanol–water partition coefficient (Wildman–Crippen LogP) is 2.55. The van der Waals surface area contributed by atoms with Crippen LogP contribution in [0.4, 0.5) is 0 Å². The van der Waals surface area contributed by atoms with E-state index in [1.165, 1.54) is 6.42 Å². The smallest absolute Gasteiger partial charge is 0.253 e. The largest absolute Gasteiger partial charge is 0.494 e. The number of carbonyl (C=O) groups is 1. The first-order valence-corrected chi connectivity index (χ1v) is 7.91. The normalized spacial score (nSPS) is 16.0. The monoisotopic (exact) mass is 290 g/mol. The Labute approximate surface area is 127 Å². The third-order valence-corrected chi connectivity index (χ3v) is 4.12. The molecule has 0 aromatic heterocycles. The van der Waals surface area contributed by atoms with Crippen LogP contribution in [0.15, 0.2) is 24.3 Å². The van der Waals surface area contributed by atoms with Crippen LogP contribution in [0.1, 0.15) is 36.5 Å². The zero-order chi connectivity index (χ0) is 15.1. The Bertz CT molecular complexity index is 437. The van der Waals surface area contributed by atoms with E-state index in [0.717, 1.165) is 49.7 Å². The molecule has 1 fully saturated rings. The molecule has 1 heterocycles. The van der Waals surface area contributed by atoms with Crippen LogP contribution < -0.4 is 10.1 Å². The summed E-state index contributed by atoms with van der Waals surface area (Å²) >= 11 is 0. The van der Waals surface area contributed by atoms with Gasteiger partial charge in [0.05, 0.1) is 6.61 Å². The van der Waals surface area contributed by atoms with E-state index in [1.54, 1.807) is 0 Å². The summed E-state index contributed by atoms with van der Waals surface area (Å²) in [6.07, 6.45) is 3.44. The van der Waals surface area contributed by atoms with Crippen molar-refractivity contribution in [1.82, 2.24) is 10.2 Å². The van der Waals surface area contributed by atoms with Gasteiger partial charge in [-0.05, 0) is 70.0 Å². The van der Waals surface area contributed by atoms with Gasteiger partial charge in [-0.25, -0.2) is 0 Å². The summed E-state index contributed by atoms with van der Waals surface area (Å²) in [6.45, 7) is 5.42. The second kappa shape index (κ2) is 8.03. The minimum atomic E-state index is 0.144. The van der Waals surface area contributed by atoms with Gasteiger partial charge in [-0.2, -0.15) is 0 Å². The number of ether oxygens (including phenoxy) is 1. The fourth-order valence-electron chi connectivity index (χ4n) is 2.82. The quantitative estimate of drug-likeness (QED) is 0.875. The lowest BCUT2D eigenvalue weighted by atomic mass is 9.93. The highest BCUT2D eigenvalue weighted by atomic mass is 16.5. The average Bonchev–Trinajstić information content (AvgIpc) is 2.54. The van der Waals surface area contributed by atoms with Crippen molar-refractivity contribution in [3.8, 4) is 5.75 Å². The van der Waals surface area contributed by atoms with Gasteiger partial charge < -0.3 is 15.0 Å². The highest BCUT2D eigenvalue weighted by molar-refractivity contribution is 5.94. The molecule has 4 nitrogen and oxygen atoms in total. The van der Waals surface area contributed by atoms with Crippen molar-refractivity contribution in [1.29, 1.82) is 0 Å². The molecule has 116 valence electrons. The van der Waals surface area contributed by atoms with Crippen LogP contribution in [0, 0.1) is 5.92 Å². The van der Waals surface area contributed by atoms with Gasteiger partial charge in [0.1, 0.15) is 5.75 Å². The lowest BCUT2D eigenvalue weighted by Crippen LogP contribution is -2.38. The molecule has 1 aliphatic rings. The first-order valence-electron chi connectivity index (χ1n) is 7.91. The SMILES string of the molecule is CCOc1ccc(C(=O)N2CCC(CCNC)CC2)cc1. The van der Waals surface area contributed by atoms with Crippen molar-refractivity contribution in [2.24, 2.45) is 5.92 Å². The number of likely N-dealkylation sites (tertiary alicyclic amines) is 1. The fourth-order valence-corrected chi connectivity index (χ4v) is 2.82. The molecule has 0 atom stereocenters. The zero-order valence-corrected chi connectivity index (χ0v) is 13.1. The summed E-state index contributed by atoms with van der Waals surface area (Å²) < 4.78 is 5.41. The summed E-state index contributed by atoms with van der Waals surface area (Å²) in [5.41, 5.74) is 0.757. The molecule has 1 aromatic carbocycles. The van der Waals surface area contributed by atoms with Crippen molar-refractivity contribution in [3.63, 3.8) is 0 Å². The van der Waals surface area contributed by atoms with E-state index >= 15 is 0 Å². The molecule has 0 bridgehead atoms.